The van der Waals surface area contributed by atoms with Crippen LogP contribution in [0.2, 0.25) is 0 Å². The lowest BCUT2D eigenvalue weighted by Crippen LogP contribution is -1.90. The molecular weight excluding hydrogens is 719 g/mol. The second kappa shape index (κ2) is 7.45. The summed E-state index contributed by atoms with van der Waals surface area (Å²) in [4.78, 5) is 0. The Balaban J connectivity index is 2.48. The van der Waals surface area contributed by atoms with E-state index in [4.69, 9.17) is 4.74 Å². The van der Waals surface area contributed by atoms with Crippen molar-refractivity contribution in [2.24, 2.45) is 0 Å². The van der Waals surface area contributed by atoms with Gasteiger partial charge in [-0.15, -0.1) is 0 Å². The molecule has 0 aliphatic heterocycles. The van der Waals surface area contributed by atoms with Gasteiger partial charge in [-0.1, -0.05) is 0 Å². The number of ether oxygens (including phenoxy) is 1. The van der Waals surface area contributed by atoms with E-state index < -0.39 is 0 Å². The van der Waals surface area contributed by atoms with Gasteiger partial charge in [-0.05, 0) is 130 Å². The van der Waals surface area contributed by atoms with Gasteiger partial charge in [0.1, 0.15) is 11.5 Å². The average Bonchev–Trinajstić information content (AvgIpc) is 2.39. The van der Waals surface area contributed by atoms with Gasteiger partial charge in [0.25, 0.3) is 0 Å². The fourth-order valence-electron chi connectivity index (χ4n) is 1.33. The molecule has 106 valence electrons. The van der Waals surface area contributed by atoms with Crippen LogP contribution in [0.25, 0.3) is 0 Å². The lowest BCUT2D eigenvalue weighted by Gasteiger charge is -2.13. The van der Waals surface area contributed by atoms with E-state index in [1.165, 1.54) is 0 Å². The van der Waals surface area contributed by atoms with Crippen molar-refractivity contribution in [1.82, 2.24) is 0 Å². The highest BCUT2D eigenvalue weighted by Crippen LogP contribution is 2.45. The van der Waals surface area contributed by atoms with Gasteiger partial charge in [-0.3, -0.25) is 0 Å². The maximum atomic E-state index is 5.97. The first-order valence-electron chi connectivity index (χ1n) is 4.96. The zero-order valence-corrected chi connectivity index (χ0v) is 20.4. The summed E-state index contributed by atoms with van der Waals surface area (Å²) in [7, 11) is 0. The Hall–Kier alpha value is 1.60. The van der Waals surface area contributed by atoms with Gasteiger partial charge in [0.05, 0.1) is 13.4 Å². The third-order valence-electron chi connectivity index (χ3n) is 2.26. The number of hydrogen-bond donors (Lipinski definition) is 0. The van der Waals surface area contributed by atoms with Crippen LogP contribution in [-0.2, 0) is 0 Å². The molecule has 0 aromatic heterocycles. The van der Waals surface area contributed by atoms with E-state index in [0.29, 0.717) is 11.5 Å². The highest BCUT2D eigenvalue weighted by atomic mass is 79.9. The molecule has 2 rings (SSSR count). The Labute approximate surface area is 175 Å². The molecule has 2 aromatic carbocycles. The standard InChI is InChI=1S/C12H3Br7O/c13-4-1-6(15)8(2-5(4)14)20-9-3-7(16)10(17)12(19)11(9)18/h1-3H. The van der Waals surface area contributed by atoms with Crippen LogP contribution >= 0.6 is 112 Å². The largest absolute Gasteiger partial charge is 0.455 e. The minimum absolute atomic E-state index is 0.696. The Bertz CT molecular complexity index is 684. The second-order valence-electron chi connectivity index (χ2n) is 3.60. The Kier molecular flexibility index (Phi) is 6.68. The third kappa shape index (κ3) is 3.92. The van der Waals surface area contributed by atoms with E-state index in [0.717, 1.165) is 31.3 Å². The molecule has 0 saturated heterocycles. The van der Waals surface area contributed by atoms with Crippen LogP contribution in [0.1, 0.15) is 0 Å². The molecule has 0 amide bonds. The molecule has 8 heteroatoms. The molecule has 0 aliphatic rings. The molecule has 0 fully saturated rings. The first-order valence-corrected chi connectivity index (χ1v) is 10.5. The molecule has 0 aliphatic carbocycles. The Morgan fingerprint density at radius 2 is 1.05 bits per heavy atom. The van der Waals surface area contributed by atoms with Gasteiger partial charge in [0, 0.05) is 17.9 Å². The smallest absolute Gasteiger partial charge is 0.144 e. The van der Waals surface area contributed by atoms with Crippen LogP contribution < -0.4 is 4.74 Å². The minimum atomic E-state index is 0.696. The molecule has 0 radical (unpaired) electrons. The fraction of sp³-hybridized carbons (Fsp3) is 0. The van der Waals surface area contributed by atoms with Crippen molar-refractivity contribution >= 4 is 112 Å². The van der Waals surface area contributed by atoms with E-state index in [9.17, 15) is 0 Å². The van der Waals surface area contributed by atoms with E-state index in [1.54, 1.807) is 0 Å². The number of hydrogen-bond acceptors (Lipinski definition) is 1. The maximum absolute atomic E-state index is 5.97. The number of halogens is 7. The van der Waals surface area contributed by atoms with Crippen molar-refractivity contribution in [3.63, 3.8) is 0 Å². The van der Waals surface area contributed by atoms with Gasteiger partial charge >= 0.3 is 0 Å². The first kappa shape index (κ1) is 17.9. The summed E-state index contributed by atoms with van der Waals surface area (Å²) in [5.41, 5.74) is 0. The van der Waals surface area contributed by atoms with Crippen molar-refractivity contribution in [2.75, 3.05) is 0 Å². The molecule has 2 aromatic rings. The number of rotatable bonds is 2. The molecule has 0 atom stereocenters. The van der Waals surface area contributed by atoms with Gasteiger partial charge in [0.15, 0.2) is 0 Å². The normalized spacial score (nSPS) is 10.8. The lowest BCUT2D eigenvalue weighted by molar-refractivity contribution is 0.475. The average molecular weight is 722 g/mol. The molecule has 1 nitrogen and oxygen atoms in total. The van der Waals surface area contributed by atoms with Crippen LogP contribution in [0, 0.1) is 0 Å². The summed E-state index contributed by atoms with van der Waals surface area (Å²) in [5, 5.41) is 0. The van der Waals surface area contributed by atoms with E-state index >= 15 is 0 Å². The molecule has 0 heterocycles. The van der Waals surface area contributed by atoms with Gasteiger partial charge in [-0.25, -0.2) is 0 Å². The topological polar surface area (TPSA) is 9.23 Å². The first-order chi connectivity index (χ1) is 9.31. The second-order valence-corrected chi connectivity index (χ2v) is 9.39. The zero-order chi connectivity index (χ0) is 15.0. The lowest BCUT2D eigenvalue weighted by atomic mass is 10.3. The molecule has 0 spiro atoms. The van der Waals surface area contributed by atoms with E-state index in [2.05, 4.69) is 112 Å². The summed E-state index contributed by atoms with van der Waals surface area (Å²) < 4.78 is 12.2. The maximum Gasteiger partial charge on any atom is 0.144 e. The molecule has 20 heavy (non-hydrogen) atoms. The van der Waals surface area contributed by atoms with E-state index in [-0.39, 0.29) is 0 Å². The summed E-state index contributed by atoms with van der Waals surface area (Å²) in [6, 6.07) is 5.71. The van der Waals surface area contributed by atoms with Crippen molar-refractivity contribution in [3.05, 3.63) is 49.5 Å². The van der Waals surface area contributed by atoms with Gasteiger partial charge in [-0.2, -0.15) is 0 Å². The van der Waals surface area contributed by atoms with Crippen molar-refractivity contribution in [2.45, 2.75) is 0 Å². The monoisotopic (exact) mass is 715 g/mol. The summed E-state index contributed by atoms with van der Waals surface area (Å²) in [5.74, 6) is 1.41. The summed E-state index contributed by atoms with van der Waals surface area (Å²) in [6.07, 6.45) is 0. The highest BCUT2D eigenvalue weighted by Gasteiger charge is 2.15. The Morgan fingerprint density at radius 3 is 1.70 bits per heavy atom. The van der Waals surface area contributed by atoms with Crippen molar-refractivity contribution in [3.8, 4) is 11.5 Å². The zero-order valence-electron chi connectivity index (χ0n) is 9.29. The summed E-state index contributed by atoms with van der Waals surface area (Å²) >= 11 is 24.4. The molecule has 0 N–H and O–H groups in total. The highest BCUT2D eigenvalue weighted by molar-refractivity contribution is 9.15. The van der Waals surface area contributed by atoms with Crippen LogP contribution in [0.4, 0.5) is 0 Å². The van der Waals surface area contributed by atoms with Crippen LogP contribution in [0.15, 0.2) is 49.5 Å². The molecule has 0 unspecified atom stereocenters. The molecule has 0 saturated carbocycles. The quantitative estimate of drug-likeness (QED) is 0.223. The van der Waals surface area contributed by atoms with Crippen LogP contribution in [-0.4, -0.2) is 0 Å². The SMILES string of the molecule is Brc1cc(Br)c(Oc2cc(Br)c(Br)c(Br)c2Br)cc1Br. The van der Waals surface area contributed by atoms with Crippen LogP contribution in [0.3, 0.4) is 0 Å². The molecule has 0 bridgehead atoms. The van der Waals surface area contributed by atoms with Gasteiger partial charge in [0.2, 0.25) is 0 Å². The minimum Gasteiger partial charge on any atom is -0.455 e. The number of benzene rings is 2. The third-order valence-corrected chi connectivity index (χ3v) is 9.35. The van der Waals surface area contributed by atoms with E-state index in [1.807, 2.05) is 18.2 Å². The fourth-order valence-corrected chi connectivity index (χ4v) is 4.78. The van der Waals surface area contributed by atoms with Crippen molar-refractivity contribution < 1.29 is 4.74 Å². The predicted molar refractivity (Wildman–Crippen MR) is 107 cm³/mol. The van der Waals surface area contributed by atoms with Gasteiger partial charge < -0.3 is 4.74 Å². The molecular formula is C12H3Br7O. The van der Waals surface area contributed by atoms with Crippen molar-refractivity contribution in [1.29, 1.82) is 0 Å². The predicted octanol–water partition coefficient (Wildman–Crippen LogP) is 8.82. The summed E-state index contributed by atoms with van der Waals surface area (Å²) in [6.45, 7) is 0. The Morgan fingerprint density at radius 1 is 0.500 bits per heavy atom. The van der Waals surface area contributed by atoms with Crippen LogP contribution in [0.5, 0.6) is 11.5 Å².